The van der Waals surface area contributed by atoms with E-state index in [0.29, 0.717) is 12.6 Å². The van der Waals surface area contributed by atoms with Crippen LogP contribution in [0.4, 0.5) is 19.0 Å². The van der Waals surface area contributed by atoms with Crippen LogP contribution in [0.2, 0.25) is 0 Å². The van der Waals surface area contributed by atoms with Gasteiger partial charge in [0.15, 0.2) is 0 Å². The zero-order valence-electron chi connectivity index (χ0n) is 10.6. The third-order valence-corrected chi connectivity index (χ3v) is 2.80. The second kappa shape index (κ2) is 5.90. The summed E-state index contributed by atoms with van der Waals surface area (Å²) in [5.74, 6) is -0.827. The molecule has 0 radical (unpaired) electrons. The average molecular weight is 276 g/mol. The van der Waals surface area contributed by atoms with Crippen LogP contribution in [0, 0.1) is 0 Å². The van der Waals surface area contributed by atoms with Crippen molar-refractivity contribution in [2.24, 2.45) is 0 Å². The summed E-state index contributed by atoms with van der Waals surface area (Å²) in [6.45, 7) is 3.36. The van der Waals surface area contributed by atoms with Crippen molar-refractivity contribution < 1.29 is 23.1 Å². The molecule has 0 amide bonds. The number of hydrogen-bond acceptors (Lipinski definition) is 3. The zero-order valence-corrected chi connectivity index (χ0v) is 10.6. The van der Waals surface area contributed by atoms with Gasteiger partial charge < -0.3 is 10.0 Å². The fourth-order valence-electron chi connectivity index (χ4n) is 1.55. The van der Waals surface area contributed by atoms with Crippen molar-refractivity contribution in [3.8, 4) is 0 Å². The SMILES string of the molecule is CCC(C)N(CC(=O)O)c1ccc(C(F)(F)F)cn1. The molecular weight excluding hydrogens is 261 g/mol. The van der Waals surface area contributed by atoms with E-state index in [1.807, 2.05) is 6.92 Å². The van der Waals surface area contributed by atoms with E-state index < -0.39 is 17.7 Å². The van der Waals surface area contributed by atoms with Crippen molar-refractivity contribution in [3.63, 3.8) is 0 Å². The number of halogens is 3. The third-order valence-electron chi connectivity index (χ3n) is 2.80. The molecule has 0 aliphatic rings. The van der Waals surface area contributed by atoms with Crippen molar-refractivity contribution in [3.05, 3.63) is 23.9 Å². The molecule has 7 heteroatoms. The third kappa shape index (κ3) is 4.11. The molecule has 1 aromatic rings. The number of nitrogens with zero attached hydrogens (tertiary/aromatic N) is 2. The maximum Gasteiger partial charge on any atom is 0.417 e. The molecule has 1 unspecified atom stereocenters. The minimum absolute atomic E-state index is 0.125. The number of aliphatic carboxylic acids is 1. The fourth-order valence-corrected chi connectivity index (χ4v) is 1.55. The number of rotatable bonds is 5. The number of anilines is 1. The van der Waals surface area contributed by atoms with E-state index in [1.165, 1.54) is 11.0 Å². The normalized spacial score (nSPS) is 13.1. The van der Waals surface area contributed by atoms with Crippen LogP contribution in [0.5, 0.6) is 0 Å². The van der Waals surface area contributed by atoms with Crippen LogP contribution in [-0.2, 0) is 11.0 Å². The van der Waals surface area contributed by atoms with E-state index in [9.17, 15) is 18.0 Å². The highest BCUT2D eigenvalue weighted by molar-refractivity contribution is 5.73. The van der Waals surface area contributed by atoms with Gasteiger partial charge >= 0.3 is 12.1 Å². The monoisotopic (exact) mass is 276 g/mol. The number of pyridine rings is 1. The van der Waals surface area contributed by atoms with Gasteiger partial charge in [-0.05, 0) is 25.5 Å². The average Bonchev–Trinajstić information content (AvgIpc) is 2.34. The Kier molecular flexibility index (Phi) is 4.74. The quantitative estimate of drug-likeness (QED) is 0.898. The molecule has 0 aliphatic heterocycles. The topological polar surface area (TPSA) is 53.4 Å². The van der Waals surface area contributed by atoms with E-state index in [1.54, 1.807) is 6.92 Å². The number of carbonyl (C=O) groups is 1. The van der Waals surface area contributed by atoms with Crippen molar-refractivity contribution >= 4 is 11.8 Å². The highest BCUT2D eigenvalue weighted by atomic mass is 19.4. The number of alkyl halides is 3. The first-order chi connectivity index (χ1) is 8.75. The minimum atomic E-state index is -4.44. The maximum absolute atomic E-state index is 12.4. The standard InChI is InChI=1S/C12H15F3N2O2/c1-3-8(2)17(7-11(18)19)10-5-4-9(6-16-10)12(13,14)15/h4-6,8H,3,7H2,1-2H3,(H,18,19). The number of aromatic nitrogens is 1. The lowest BCUT2D eigenvalue weighted by Crippen LogP contribution is -2.37. The largest absolute Gasteiger partial charge is 0.480 e. The van der Waals surface area contributed by atoms with Crippen molar-refractivity contribution in [1.82, 2.24) is 4.98 Å². The highest BCUT2D eigenvalue weighted by Crippen LogP contribution is 2.29. The summed E-state index contributed by atoms with van der Waals surface area (Å²) in [5, 5.41) is 8.82. The lowest BCUT2D eigenvalue weighted by molar-refractivity contribution is -0.138. The van der Waals surface area contributed by atoms with E-state index in [4.69, 9.17) is 5.11 Å². The van der Waals surface area contributed by atoms with Crippen molar-refractivity contribution in [2.75, 3.05) is 11.4 Å². The van der Waals surface area contributed by atoms with Gasteiger partial charge in [0.25, 0.3) is 0 Å². The summed E-state index contributed by atoms with van der Waals surface area (Å²) in [4.78, 5) is 16.0. The summed E-state index contributed by atoms with van der Waals surface area (Å²) in [7, 11) is 0. The minimum Gasteiger partial charge on any atom is -0.480 e. The first-order valence-electron chi connectivity index (χ1n) is 5.77. The van der Waals surface area contributed by atoms with Gasteiger partial charge in [-0.3, -0.25) is 4.79 Å². The molecular formula is C12H15F3N2O2. The zero-order chi connectivity index (χ0) is 14.6. The molecule has 1 rings (SSSR count). The van der Waals surface area contributed by atoms with Gasteiger partial charge in [-0.15, -0.1) is 0 Å². The van der Waals surface area contributed by atoms with Crippen LogP contribution in [0.25, 0.3) is 0 Å². The Morgan fingerprint density at radius 3 is 2.47 bits per heavy atom. The predicted octanol–water partition coefficient (Wildman–Crippen LogP) is 2.79. The van der Waals surface area contributed by atoms with Crippen LogP contribution in [0.3, 0.4) is 0 Å². The molecule has 1 atom stereocenters. The number of carboxylic acids is 1. The van der Waals surface area contributed by atoms with Crippen LogP contribution in [-0.4, -0.2) is 28.6 Å². The Morgan fingerprint density at radius 1 is 1.47 bits per heavy atom. The molecule has 0 bridgehead atoms. The van der Waals surface area contributed by atoms with Crippen LogP contribution < -0.4 is 4.90 Å². The Labute approximate surface area is 108 Å². The lowest BCUT2D eigenvalue weighted by Gasteiger charge is -2.28. The van der Waals surface area contributed by atoms with Gasteiger partial charge in [0.2, 0.25) is 0 Å². The van der Waals surface area contributed by atoms with Gasteiger partial charge in [0, 0.05) is 12.2 Å². The molecule has 0 aliphatic carbocycles. The second-order valence-corrected chi connectivity index (χ2v) is 4.18. The highest BCUT2D eigenvalue weighted by Gasteiger charge is 2.31. The maximum atomic E-state index is 12.4. The van der Waals surface area contributed by atoms with Crippen LogP contribution in [0.1, 0.15) is 25.8 Å². The lowest BCUT2D eigenvalue weighted by atomic mass is 10.2. The summed E-state index contributed by atoms with van der Waals surface area (Å²) < 4.78 is 37.2. The summed E-state index contributed by atoms with van der Waals surface area (Å²) in [6.07, 6.45) is -3.07. The fraction of sp³-hybridized carbons (Fsp3) is 0.500. The number of carboxylic acid groups (broad SMARTS) is 1. The van der Waals surface area contributed by atoms with Gasteiger partial charge in [-0.2, -0.15) is 13.2 Å². The molecule has 106 valence electrons. The molecule has 0 saturated carbocycles. The van der Waals surface area contributed by atoms with Gasteiger partial charge in [0.05, 0.1) is 5.56 Å². The first-order valence-corrected chi connectivity index (χ1v) is 5.77. The molecule has 0 fully saturated rings. The molecule has 19 heavy (non-hydrogen) atoms. The van der Waals surface area contributed by atoms with E-state index in [2.05, 4.69) is 4.98 Å². The summed E-state index contributed by atoms with van der Waals surface area (Å²) in [6, 6.07) is 1.97. The smallest absolute Gasteiger partial charge is 0.417 e. The Hall–Kier alpha value is -1.79. The number of hydrogen-bond donors (Lipinski definition) is 1. The van der Waals surface area contributed by atoms with E-state index in [-0.39, 0.29) is 18.4 Å². The van der Waals surface area contributed by atoms with E-state index in [0.717, 1.165) is 6.07 Å². The van der Waals surface area contributed by atoms with E-state index >= 15 is 0 Å². The molecule has 0 saturated heterocycles. The summed E-state index contributed by atoms with van der Waals surface area (Å²) >= 11 is 0. The van der Waals surface area contributed by atoms with Crippen LogP contribution >= 0.6 is 0 Å². The molecule has 0 spiro atoms. The molecule has 1 aromatic heterocycles. The van der Waals surface area contributed by atoms with Gasteiger partial charge in [-0.1, -0.05) is 6.92 Å². The van der Waals surface area contributed by atoms with Crippen molar-refractivity contribution in [1.29, 1.82) is 0 Å². The molecule has 4 nitrogen and oxygen atoms in total. The molecule has 1 N–H and O–H groups in total. The van der Waals surface area contributed by atoms with Crippen molar-refractivity contribution in [2.45, 2.75) is 32.5 Å². The Bertz CT molecular complexity index is 432. The Balaban J connectivity index is 3.00. The predicted molar refractivity (Wildman–Crippen MR) is 64.0 cm³/mol. The van der Waals surface area contributed by atoms with Crippen LogP contribution in [0.15, 0.2) is 18.3 Å². The van der Waals surface area contributed by atoms with Gasteiger partial charge in [0.1, 0.15) is 12.4 Å². The Morgan fingerprint density at radius 2 is 2.11 bits per heavy atom. The summed E-state index contributed by atoms with van der Waals surface area (Å²) in [5.41, 5.74) is -0.851. The molecule has 1 heterocycles. The first kappa shape index (κ1) is 15.3. The molecule has 0 aromatic carbocycles. The second-order valence-electron chi connectivity index (χ2n) is 4.18. The van der Waals surface area contributed by atoms with Gasteiger partial charge in [-0.25, -0.2) is 4.98 Å².